The number of hydrogen-bond acceptors (Lipinski definition) is 8. The molecule has 1 fully saturated rings. The van der Waals surface area contributed by atoms with Crippen LogP contribution in [0.15, 0.2) is 34.9 Å². The van der Waals surface area contributed by atoms with Gasteiger partial charge in [0, 0.05) is 36.2 Å². The fraction of sp³-hybridized carbons (Fsp3) is 0.294. The van der Waals surface area contributed by atoms with Crippen molar-refractivity contribution in [2.75, 3.05) is 31.1 Å². The van der Waals surface area contributed by atoms with Crippen molar-refractivity contribution in [3.63, 3.8) is 0 Å². The molecule has 29 heavy (non-hydrogen) atoms. The Bertz CT molecular complexity index is 1050. The highest BCUT2D eigenvalue weighted by atomic mass is 79.9. The van der Waals surface area contributed by atoms with Crippen molar-refractivity contribution in [3.8, 4) is 10.7 Å². The Hall–Kier alpha value is -2.86. The highest BCUT2D eigenvalue weighted by Crippen LogP contribution is 2.29. The lowest BCUT2D eigenvalue weighted by Gasteiger charge is -2.34. The highest BCUT2D eigenvalue weighted by Gasteiger charge is 2.24. The first kappa shape index (κ1) is 19.5. The first-order valence-corrected chi connectivity index (χ1v) is 10.4. The van der Waals surface area contributed by atoms with Gasteiger partial charge in [-0.2, -0.15) is 4.80 Å². The SMILES string of the molecule is O=C(O)Cn1nnc(-c2cnc(N3CCN(C(=O)c4cccc(Br)c4)CC3)s2)n1. The van der Waals surface area contributed by atoms with Gasteiger partial charge in [0.15, 0.2) is 11.7 Å². The molecule has 1 N–H and O–H groups in total. The molecule has 1 aliphatic heterocycles. The van der Waals surface area contributed by atoms with Gasteiger partial charge in [-0.3, -0.25) is 9.59 Å². The Balaban J connectivity index is 1.38. The summed E-state index contributed by atoms with van der Waals surface area (Å²) in [7, 11) is 0. The standard InChI is InChI=1S/C17H16BrN7O3S/c18-12-3-1-2-11(8-12)16(28)23-4-6-24(7-5-23)17-19-9-13(29-17)15-20-22-25(21-15)10-14(26)27/h1-3,8-9H,4-7,10H2,(H,26,27). The number of nitrogens with zero attached hydrogens (tertiary/aromatic N) is 7. The molecule has 10 nitrogen and oxygen atoms in total. The van der Waals surface area contributed by atoms with Crippen molar-refractivity contribution < 1.29 is 14.7 Å². The predicted octanol–water partition coefficient (Wildman–Crippen LogP) is 1.61. The van der Waals surface area contributed by atoms with Crippen LogP contribution in [0.2, 0.25) is 0 Å². The Kier molecular flexibility index (Phi) is 5.53. The van der Waals surface area contributed by atoms with E-state index in [0.29, 0.717) is 42.4 Å². The van der Waals surface area contributed by atoms with Gasteiger partial charge in [0.2, 0.25) is 5.82 Å². The second-order valence-corrected chi connectivity index (χ2v) is 8.26. The number of carbonyl (C=O) groups is 2. The molecule has 0 saturated carbocycles. The summed E-state index contributed by atoms with van der Waals surface area (Å²) in [6.07, 6.45) is 1.65. The van der Waals surface area contributed by atoms with E-state index >= 15 is 0 Å². The number of carboxylic acids is 1. The molecule has 0 atom stereocenters. The number of aromatic nitrogens is 5. The average Bonchev–Trinajstić information content (AvgIpc) is 3.37. The van der Waals surface area contributed by atoms with Gasteiger partial charge in [-0.25, -0.2) is 4.98 Å². The monoisotopic (exact) mass is 477 g/mol. The molecule has 0 aliphatic carbocycles. The van der Waals surface area contributed by atoms with Gasteiger partial charge in [-0.15, -0.1) is 10.2 Å². The average molecular weight is 478 g/mol. The third kappa shape index (κ3) is 4.43. The minimum atomic E-state index is -1.03. The minimum absolute atomic E-state index is 0.0185. The van der Waals surface area contributed by atoms with Crippen LogP contribution in [0.25, 0.3) is 10.7 Å². The van der Waals surface area contributed by atoms with E-state index in [0.717, 1.165) is 14.4 Å². The zero-order chi connectivity index (χ0) is 20.4. The molecule has 1 amide bonds. The number of benzene rings is 1. The molecule has 1 aliphatic rings. The highest BCUT2D eigenvalue weighted by molar-refractivity contribution is 9.10. The lowest BCUT2D eigenvalue weighted by atomic mass is 10.2. The molecule has 0 spiro atoms. The number of rotatable bonds is 5. The summed E-state index contributed by atoms with van der Waals surface area (Å²) in [5.74, 6) is -0.669. The lowest BCUT2D eigenvalue weighted by molar-refractivity contribution is -0.138. The molecule has 12 heteroatoms. The largest absolute Gasteiger partial charge is 0.480 e. The topological polar surface area (TPSA) is 117 Å². The van der Waals surface area contributed by atoms with E-state index in [1.807, 2.05) is 29.2 Å². The Labute approximate surface area is 177 Å². The van der Waals surface area contributed by atoms with E-state index in [-0.39, 0.29) is 12.5 Å². The smallest absolute Gasteiger partial charge is 0.327 e. The van der Waals surface area contributed by atoms with Crippen LogP contribution in [0, 0.1) is 0 Å². The Morgan fingerprint density at radius 2 is 2.00 bits per heavy atom. The summed E-state index contributed by atoms with van der Waals surface area (Å²) in [5, 5.41) is 21.3. The number of hydrogen-bond donors (Lipinski definition) is 1. The minimum Gasteiger partial charge on any atom is -0.480 e. The number of aliphatic carboxylic acids is 1. The number of halogens is 1. The molecule has 2 aromatic heterocycles. The molecular formula is C17H16BrN7O3S. The molecule has 4 rings (SSSR count). The van der Waals surface area contributed by atoms with Crippen molar-refractivity contribution in [1.82, 2.24) is 30.1 Å². The Morgan fingerprint density at radius 1 is 1.21 bits per heavy atom. The summed E-state index contributed by atoms with van der Waals surface area (Å²) in [6.45, 7) is 2.21. The first-order chi connectivity index (χ1) is 14.0. The van der Waals surface area contributed by atoms with Crippen molar-refractivity contribution in [1.29, 1.82) is 0 Å². The lowest BCUT2D eigenvalue weighted by Crippen LogP contribution is -2.48. The number of piperazine rings is 1. The molecule has 1 saturated heterocycles. The van der Waals surface area contributed by atoms with Gasteiger partial charge in [0.1, 0.15) is 0 Å². The normalized spacial score (nSPS) is 14.2. The van der Waals surface area contributed by atoms with Crippen LogP contribution in [0.1, 0.15) is 10.4 Å². The zero-order valence-electron chi connectivity index (χ0n) is 15.1. The molecule has 0 radical (unpaired) electrons. The van der Waals surface area contributed by atoms with Crippen LogP contribution in [-0.4, -0.2) is 73.3 Å². The molecule has 0 unspecified atom stereocenters. The van der Waals surface area contributed by atoms with Crippen LogP contribution in [0.3, 0.4) is 0 Å². The summed E-state index contributed by atoms with van der Waals surface area (Å²) in [6, 6.07) is 7.39. The van der Waals surface area contributed by atoms with E-state index in [1.54, 1.807) is 6.20 Å². The molecule has 0 bridgehead atoms. The quantitative estimate of drug-likeness (QED) is 0.588. The third-order valence-corrected chi connectivity index (χ3v) is 5.90. The van der Waals surface area contributed by atoms with Crippen molar-refractivity contribution in [2.45, 2.75) is 6.54 Å². The number of carboxylic acid groups (broad SMARTS) is 1. The van der Waals surface area contributed by atoms with Crippen LogP contribution in [-0.2, 0) is 11.3 Å². The van der Waals surface area contributed by atoms with Crippen molar-refractivity contribution in [3.05, 3.63) is 40.5 Å². The van der Waals surface area contributed by atoms with E-state index in [1.165, 1.54) is 11.3 Å². The second kappa shape index (κ2) is 8.25. The van der Waals surface area contributed by atoms with Crippen molar-refractivity contribution in [2.24, 2.45) is 0 Å². The molecule has 3 aromatic rings. The molecule has 150 valence electrons. The van der Waals surface area contributed by atoms with Crippen LogP contribution >= 0.6 is 27.3 Å². The zero-order valence-corrected chi connectivity index (χ0v) is 17.5. The molecule has 1 aromatic carbocycles. The van der Waals surface area contributed by atoms with E-state index in [2.05, 4.69) is 41.2 Å². The maximum atomic E-state index is 12.7. The van der Waals surface area contributed by atoms with Gasteiger partial charge in [0.05, 0.1) is 11.1 Å². The van der Waals surface area contributed by atoms with E-state index in [4.69, 9.17) is 5.11 Å². The number of thiazole rings is 1. The van der Waals surface area contributed by atoms with Gasteiger partial charge in [-0.05, 0) is 23.4 Å². The van der Waals surface area contributed by atoms with Gasteiger partial charge in [0.25, 0.3) is 5.91 Å². The number of tetrazole rings is 1. The molecule has 3 heterocycles. The second-order valence-electron chi connectivity index (χ2n) is 6.33. The summed E-state index contributed by atoms with van der Waals surface area (Å²) in [4.78, 5) is 33.5. The summed E-state index contributed by atoms with van der Waals surface area (Å²) in [5.41, 5.74) is 0.667. The fourth-order valence-corrected chi connectivity index (χ4v) is 4.24. The first-order valence-electron chi connectivity index (χ1n) is 8.75. The van der Waals surface area contributed by atoms with Crippen LogP contribution in [0.4, 0.5) is 5.13 Å². The number of carbonyl (C=O) groups excluding carboxylic acids is 1. The fourth-order valence-electron chi connectivity index (χ4n) is 2.95. The summed E-state index contributed by atoms with van der Waals surface area (Å²) >= 11 is 4.81. The van der Waals surface area contributed by atoms with Gasteiger partial charge >= 0.3 is 5.97 Å². The summed E-state index contributed by atoms with van der Waals surface area (Å²) < 4.78 is 0.881. The van der Waals surface area contributed by atoms with Crippen molar-refractivity contribution >= 4 is 44.3 Å². The van der Waals surface area contributed by atoms with Crippen LogP contribution < -0.4 is 4.90 Å². The van der Waals surface area contributed by atoms with E-state index in [9.17, 15) is 9.59 Å². The Morgan fingerprint density at radius 3 is 2.72 bits per heavy atom. The third-order valence-electron chi connectivity index (χ3n) is 4.35. The van der Waals surface area contributed by atoms with E-state index < -0.39 is 5.97 Å². The van der Waals surface area contributed by atoms with Crippen LogP contribution in [0.5, 0.6) is 0 Å². The maximum Gasteiger partial charge on any atom is 0.327 e. The van der Waals surface area contributed by atoms with Gasteiger partial charge in [-0.1, -0.05) is 33.3 Å². The predicted molar refractivity (Wildman–Crippen MR) is 109 cm³/mol. The van der Waals surface area contributed by atoms with Gasteiger partial charge < -0.3 is 14.9 Å². The molecular weight excluding hydrogens is 462 g/mol. The maximum absolute atomic E-state index is 12.7. The number of anilines is 1. The number of amides is 1.